The van der Waals surface area contributed by atoms with Gasteiger partial charge in [0.2, 0.25) is 0 Å². The Bertz CT molecular complexity index is 549. The van der Waals surface area contributed by atoms with Gasteiger partial charge in [-0.2, -0.15) is 0 Å². The Hall–Kier alpha value is -1.66. The van der Waals surface area contributed by atoms with E-state index < -0.39 is 23.5 Å². The van der Waals surface area contributed by atoms with E-state index in [9.17, 15) is 4.79 Å². The number of nitrogens with one attached hydrogen (secondary N) is 1. The van der Waals surface area contributed by atoms with E-state index >= 15 is 0 Å². The number of hydrogen-bond acceptors (Lipinski definition) is 5. The smallest absolute Gasteiger partial charge is 0.408 e. The number of alkyl carbamates (subject to hydrolysis) is 1. The summed E-state index contributed by atoms with van der Waals surface area (Å²) in [6.07, 6.45) is 0.936. The predicted octanol–water partition coefficient (Wildman–Crippen LogP) is 3.11. The topological polar surface area (TPSA) is 69.7 Å². The lowest BCUT2D eigenvalue weighted by Crippen LogP contribution is -2.41. The molecule has 1 amide bonds. The van der Waals surface area contributed by atoms with Crippen LogP contribution in [-0.4, -0.2) is 35.2 Å². The molecule has 6 nitrogen and oxygen atoms in total. The average molecular weight is 322 g/mol. The molecule has 0 saturated carbocycles. The molecule has 1 aromatic heterocycles. The van der Waals surface area contributed by atoms with Gasteiger partial charge < -0.3 is 19.5 Å². The Balaban J connectivity index is 2.18. The van der Waals surface area contributed by atoms with Gasteiger partial charge in [-0.3, -0.25) is 4.98 Å². The van der Waals surface area contributed by atoms with Crippen molar-refractivity contribution in [1.82, 2.24) is 10.3 Å². The second-order valence-electron chi connectivity index (χ2n) is 7.25. The molecule has 1 aliphatic heterocycles. The lowest BCUT2D eigenvalue weighted by molar-refractivity contribution is -0.142. The van der Waals surface area contributed by atoms with Crippen LogP contribution >= 0.6 is 0 Å². The van der Waals surface area contributed by atoms with E-state index in [1.165, 1.54) is 0 Å². The minimum atomic E-state index is -0.677. The highest BCUT2D eigenvalue weighted by Crippen LogP contribution is 2.30. The molecule has 0 radical (unpaired) electrons. The number of ether oxygens (including phenoxy) is 3. The molecule has 1 N–H and O–H groups in total. The van der Waals surface area contributed by atoms with Crippen LogP contribution < -0.4 is 5.32 Å². The summed E-state index contributed by atoms with van der Waals surface area (Å²) in [5, 5.41) is 2.86. The van der Waals surface area contributed by atoms with Gasteiger partial charge >= 0.3 is 6.09 Å². The number of nitrogens with zero attached hydrogens (tertiary/aromatic N) is 1. The third-order valence-electron chi connectivity index (χ3n) is 3.33. The molecule has 1 aliphatic rings. The van der Waals surface area contributed by atoms with Gasteiger partial charge in [-0.1, -0.05) is 6.07 Å². The molecule has 23 heavy (non-hydrogen) atoms. The Labute approximate surface area is 137 Å². The van der Waals surface area contributed by atoms with Crippen molar-refractivity contribution in [2.24, 2.45) is 0 Å². The number of aryl methyl sites for hydroxylation is 1. The molecule has 128 valence electrons. The van der Waals surface area contributed by atoms with Crippen LogP contribution in [0.25, 0.3) is 0 Å². The zero-order valence-electron chi connectivity index (χ0n) is 14.7. The van der Waals surface area contributed by atoms with Crippen LogP contribution in [0.5, 0.6) is 0 Å². The summed E-state index contributed by atoms with van der Waals surface area (Å²) < 4.78 is 16.9. The molecule has 0 aromatic carbocycles. The molecule has 1 unspecified atom stereocenters. The number of aromatic nitrogens is 1. The lowest BCUT2D eigenvalue weighted by atomic mass is 10.1. The van der Waals surface area contributed by atoms with Crippen LogP contribution in [0.15, 0.2) is 18.3 Å². The Morgan fingerprint density at radius 2 is 2.13 bits per heavy atom. The second kappa shape index (κ2) is 6.45. The van der Waals surface area contributed by atoms with Crippen LogP contribution in [0, 0.1) is 6.92 Å². The van der Waals surface area contributed by atoms with Gasteiger partial charge in [-0.05, 0) is 53.2 Å². The first-order valence-electron chi connectivity index (χ1n) is 7.80. The molecule has 6 heteroatoms. The Morgan fingerprint density at radius 3 is 2.61 bits per heavy atom. The second-order valence-corrected chi connectivity index (χ2v) is 7.25. The van der Waals surface area contributed by atoms with Gasteiger partial charge in [-0.25, -0.2) is 4.79 Å². The molecule has 1 aromatic rings. The van der Waals surface area contributed by atoms with Crippen LogP contribution in [-0.2, 0) is 14.2 Å². The van der Waals surface area contributed by atoms with Crippen molar-refractivity contribution in [2.75, 3.05) is 6.61 Å². The van der Waals surface area contributed by atoms with Crippen LogP contribution in [0.4, 0.5) is 4.79 Å². The number of rotatable bonds is 3. The molecule has 2 heterocycles. The van der Waals surface area contributed by atoms with Gasteiger partial charge in [0.15, 0.2) is 5.79 Å². The van der Waals surface area contributed by atoms with Crippen molar-refractivity contribution >= 4 is 6.09 Å². The van der Waals surface area contributed by atoms with Crippen molar-refractivity contribution in [1.29, 1.82) is 0 Å². The van der Waals surface area contributed by atoms with E-state index in [0.717, 1.165) is 5.56 Å². The fraction of sp³-hybridized carbons (Fsp3) is 0.647. The van der Waals surface area contributed by atoms with Crippen molar-refractivity contribution in [3.63, 3.8) is 0 Å². The first-order chi connectivity index (χ1) is 10.6. The van der Waals surface area contributed by atoms with Crippen LogP contribution in [0.2, 0.25) is 0 Å². The average Bonchev–Trinajstić information content (AvgIpc) is 2.75. The number of amides is 1. The van der Waals surface area contributed by atoms with E-state index in [0.29, 0.717) is 12.3 Å². The summed E-state index contributed by atoms with van der Waals surface area (Å²) in [5.74, 6) is -0.677. The van der Waals surface area contributed by atoms with Crippen molar-refractivity contribution in [3.05, 3.63) is 29.6 Å². The minimum absolute atomic E-state index is 0.326. The van der Waals surface area contributed by atoms with E-state index in [1.807, 2.05) is 53.7 Å². The third kappa shape index (κ3) is 5.18. The minimum Gasteiger partial charge on any atom is -0.444 e. The van der Waals surface area contributed by atoms with Crippen LogP contribution in [0.1, 0.15) is 51.9 Å². The lowest BCUT2D eigenvalue weighted by Gasteiger charge is -2.27. The predicted molar refractivity (Wildman–Crippen MR) is 86.0 cm³/mol. The maximum absolute atomic E-state index is 12.2. The van der Waals surface area contributed by atoms with E-state index in [2.05, 4.69) is 10.3 Å². The first-order valence-corrected chi connectivity index (χ1v) is 7.80. The monoisotopic (exact) mass is 322 g/mol. The molecule has 1 saturated heterocycles. The number of carbonyl (C=O) groups excluding carboxylic acids is 1. The maximum atomic E-state index is 12.2. The molecule has 0 bridgehead atoms. The summed E-state index contributed by atoms with van der Waals surface area (Å²) >= 11 is 0. The largest absolute Gasteiger partial charge is 0.444 e. The fourth-order valence-electron chi connectivity index (χ4n) is 2.33. The summed E-state index contributed by atoms with van der Waals surface area (Å²) in [6, 6.07) is 3.39. The highest BCUT2D eigenvalue weighted by atomic mass is 16.7. The van der Waals surface area contributed by atoms with Gasteiger partial charge in [0.1, 0.15) is 17.7 Å². The summed E-state index contributed by atoms with van der Waals surface area (Å²) in [5.41, 5.74) is 1.20. The summed E-state index contributed by atoms with van der Waals surface area (Å²) in [7, 11) is 0. The van der Waals surface area contributed by atoms with Crippen molar-refractivity contribution in [2.45, 2.75) is 65.1 Å². The third-order valence-corrected chi connectivity index (χ3v) is 3.33. The van der Waals surface area contributed by atoms with Crippen molar-refractivity contribution in [3.8, 4) is 0 Å². The molecular formula is C17H26N2O4. The molecule has 0 aliphatic carbocycles. The molecule has 2 atom stereocenters. The zero-order valence-corrected chi connectivity index (χ0v) is 14.7. The maximum Gasteiger partial charge on any atom is 0.408 e. The molecule has 1 fully saturated rings. The van der Waals surface area contributed by atoms with Gasteiger partial charge in [0.05, 0.1) is 12.3 Å². The molecule has 0 spiro atoms. The Kier molecular flexibility index (Phi) is 4.96. The standard InChI is InChI=1S/C17H26N2O4/c1-11-7-8-12(18-9-11)14(13-10-21-17(5,6)22-13)19-15(20)23-16(2,3)4/h7-9,13-14H,10H2,1-6H3,(H,19,20)/t13-,14?/m1/s1. The normalized spacial score (nSPS) is 21.7. The summed E-state index contributed by atoms with van der Waals surface area (Å²) in [4.78, 5) is 16.6. The molecular weight excluding hydrogens is 296 g/mol. The highest BCUT2D eigenvalue weighted by molar-refractivity contribution is 5.68. The first kappa shape index (κ1) is 17.7. The SMILES string of the molecule is Cc1ccc(C(NC(=O)OC(C)(C)C)[C@H]2COC(C)(C)O2)nc1. The quantitative estimate of drug-likeness (QED) is 0.926. The van der Waals surface area contributed by atoms with E-state index in [4.69, 9.17) is 14.2 Å². The van der Waals surface area contributed by atoms with Gasteiger partial charge in [-0.15, -0.1) is 0 Å². The number of carbonyl (C=O) groups is 1. The zero-order chi connectivity index (χ0) is 17.3. The summed E-state index contributed by atoms with van der Waals surface area (Å²) in [6.45, 7) is 11.5. The van der Waals surface area contributed by atoms with Crippen molar-refractivity contribution < 1.29 is 19.0 Å². The Morgan fingerprint density at radius 1 is 1.43 bits per heavy atom. The van der Waals surface area contributed by atoms with Crippen LogP contribution in [0.3, 0.4) is 0 Å². The fourth-order valence-corrected chi connectivity index (χ4v) is 2.33. The molecule has 2 rings (SSSR count). The number of hydrogen-bond donors (Lipinski definition) is 1. The van der Waals surface area contributed by atoms with E-state index in [-0.39, 0.29) is 6.10 Å². The van der Waals surface area contributed by atoms with E-state index in [1.54, 1.807) is 6.20 Å². The van der Waals surface area contributed by atoms with Gasteiger partial charge in [0.25, 0.3) is 0 Å². The highest BCUT2D eigenvalue weighted by Gasteiger charge is 2.39. The number of pyridine rings is 1. The van der Waals surface area contributed by atoms with Gasteiger partial charge in [0, 0.05) is 6.20 Å².